The summed E-state index contributed by atoms with van der Waals surface area (Å²) in [6.45, 7) is 3.95. The molecule has 3 atom stereocenters. The number of alkyl halides is 2. The van der Waals surface area contributed by atoms with Gasteiger partial charge in [0.05, 0.1) is 19.3 Å². The summed E-state index contributed by atoms with van der Waals surface area (Å²) in [5.41, 5.74) is 0. The third-order valence-electron chi connectivity index (χ3n) is 5.15. The van der Waals surface area contributed by atoms with E-state index in [1.54, 1.807) is 12.1 Å². The highest BCUT2D eigenvalue weighted by Crippen LogP contribution is 2.34. The molecule has 2 heterocycles. The Morgan fingerprint density at radius 2 is 2.19 bits per heavy atom. The Bertz CT molecular complexity index is 855. The van der Waals surface area contributed by atoms with Crippen LogP contribution in [-0.4, -0.2) is 53.6 Å². The van der Waals surface area contributed by atoms with Gasteiger partial charge >= 0.3 is 11.9 Å². The van der Waals surface area contributed by atoms with Gasteiger partial charge < -0.3 is 14.7 Å². The number of likely N-dealkylation sites (tertiary alicyclic amines) is 1. The summed E-state index contributed by atoms with van der Waals surface area (Å²) in [5, 5.41) is 10.3. The fourth-order valence-corrected chi connectivity index (χ4v) is 4.28. The van der Waals surface area contributed by atoms with Crippen LogP contribution in [0.5, 0.6) is 0 Å². The predicted octanol–water partition coefficient (Wildman–Crippen LogP) is 4.06. The number of rotatable bonds is 9. The summed E-state index contributed by atoms with van der Waals surface area (Å²) < 4.78 is 32.8. The number of hydrogen-bond acceptors (Lipinski definition) is 5. The number of methoxy groups -OCH3 is 1. The maximum absolute atomic E-state index is 14.1. The number of aryl methyl sites for hydroxylation is 1. The van der Waals surface area contributed by atoms with Crippen molar-refractivity contribution >= 4 is 23.2 Å². The number of esters is 1. The number of carbonyl (C=O) groups is 2. The third kappa shape index (κ3) is 6.88. The number of hydrogen-bond donors (Lipinski definition) is 1. The van der Waals surface area contributed by atoms with E-state index >= 15 is 0 Å². The van der Waals surface area contributed by atoms with Gasteiger partial charge in [0, 0.05) is 30.7 Å². The van der Waals surface area contributed by atoms with E-state index in [0.29, 0.717) is 24.1 Å². The van der Waals surface area contributed by atoms with E-state index in [0.717, 1.165) is 11.3 Å². The molecule has 1 fully saturated rings. The van der Waals surface area contributed by atoms with E-state index in [1.165, 1.54) is 35.5 Å². The lowest BCUT2D eigenvalue weighted by Crippen LogP contribution is -2.36. The first kappa shape index (κ1) is 25.0. The van der Waals surface area contributed by atoms with E-state index in [1.807, 2.05) is 13.8 Å². The topological polar surface area (TPSA) is 66.8 Å². The van der Waals surface area contributed by atoms with Gasteiger partial charge in [0.1, 0.15) is 4.88 Å². The molecule has 1 aliphatic heterocycles. The molecule has 31 heavy (non-hydrogen) atoms. The summed E-state index contributed by atoms with van der Waals surface area (Å²) in [4.78, 5) is 26.3. The van der Waals surface area contributed by atoms with E-state index in [9.17, 15) is 23.5 Å². The molecule has 1 aromatic heterocycles. The van der Waals surface area contributed by atoms with Gasteiger partial charge in [0.2, 0.25) is 0 Å². The highest BCUT2D eigenvalue weighted by atomic mass is 32.1. The summed E-state index contributed by atoms with van der Waals surface area (Å²) >= 11 is 1.29. The Morgan fingerprint density at radius 1 is 1.45 bits per heavy atom. The molecule has 1 amide bonds. The Hall–Kier alpha value is -2.24. The van der Waals surface area contributed by atoms with Crippen LogP contribution in [0, 0.1) is 17.8 Å². The summed E-state index contributed by atoms with van der Waals surface area (Å²) in [6.07, 6.45) is 3.88. The number of amides is 1. The SMILES string of the molecule is CCC#CC[C@@H](C)[C@H](O)C=C[C@H]1CC(F)(F)C(=O)N1CCCc1ccc(C(=O)OC)s1. The quantitative estimate of drug-likeness (QED) is 0.348. The van der Waals surface area contributed by atoms with Crippen LogP contribution in [0.15, 0.2) is 24.3 Å². The van der Waals surface area contributed by atoms with E-state index in [-0.39, 0.29) is 12.5 Å². The molecule has 8 heteroatoms. The van der Waals surface area contributed by atoms with E-state index in [4.69, 9.17) is 0 Å². The van der Waals surface area contributed by atoms with Crippen LogP contribution in [0.3, 0.4) is 0 Å². The largest absolute Gasteiger partial charge is 0.465 e. The zero-order valence-corrected chi connectivity index (χ0v) is 18.9. The van der Waals surface area contributed by atoms with Crippen molar-refractivity contribution in [2.24, 2.45) is 5.92 Å². The van der Waals surface area contributed by atoms with Gasteiger partial charge in [-0.05, 0) is 30.9 Å². The highest BCUT2D eigenvalue weighted by Gasteiger charge is 2.52. The Morgan fingerprint density at radius 3 is 2.87 bits per heavy atom. The predicted molar refractivity (Wildman–Crippen MR) is 116 cm³/mol. The Kier molecular flexibility index (Phi) is 9.20. The van der Waals surface area contributed by atoms with Gasteiger partial charge in [-0.3, -0.25) is 4.79 Å². The lowest BCUT2D eigenvalue weighted by Gasteiger charge is -2.22. The zero-order chi connectivity index (χ0) is 23.0. The van der Waals surface area contributed by atoms with Crippen molar-refractivity contribution in [3.63, 3.8) is 0 Å². The maximum Gasteiger partial charge on any atom is 0.348 e. The number of nitrogens with zero attached hydrogens (tertiary/aromatic N) is 1. The molecular formula is C23H29F2NO4S. The molecule has 1 aromatic rings. The van der Waals surface area contributed by atoms with Gasteiger partial charge in [-0.1, -0.05) is 26.0 Å². The van der Waals surface area contributed by atoms with Crippen molar-refractivity contribution in [2.75, 3.05) is 13.7 Å². The molecule has 0 aromatic carbocycles. The van der Waals surface area contributed by atoms with Crippen molar-refractivity contribution in [1.82, 2.24) is 4.90 Å². The van der Waals surface area contributed by atoms with Gasteiger partial charge in [0.25, 0.3) is 5.91 Å². The van der Waals surface area contributed by atoms with Crippen LogP contribution in [0.2, 0.25) is 0 Å². The molecule has 0 spiro atoms. The second-order valence-electron chi connectivity index (χ2n) is 7.60. The van der Waals surface area contributed by atoms with Crippen LogP contribution in [-0.2, 0) is 16.0 Å². The van der Waals surface area contributed by atoms with Crippen LogP contribution in [0.25, 0.3) is 0 Å². The summed E-state index contributed by atoms with van der Waals surface area (Å²) in [5.74, 6) is 0.781. The number of halogens is 2. The number of carbonyl (C=O) groups excluding carboxylic acids is 2. The Labute approximate surface area is 186 Å². The minimum atomic E-state index is -3.40. The number of aliphatic hydroxyl groups is 1. The molecule has 0 bridgehead atoms. The molecule has 1 saturated heterocycles. The van der Waals surface area contributed by atoms with Gasteiger partial charge in [0.15, 0.2) is 0 Å². The van der Waals surface area contributed by atoms with Crippen LogP contribution in [0.1, 0.15) is 54.1 Å². The molecule has 0 saturated carbocycles. The normalized spacial score (nSPS) is 19.9. The molecule has 5 nitrogen and oxygen atoms in total. The van der Waals surface area contributed by atoms with Crippen molar-refractivity contribution in [3.8, 4) is 11.8 Å². The van der Waals surface area contributed by atoms with Crippen molar-refractivity contribution < 1.29 is 28.2 Å². The van der Waals surface area contributed by atoms with Crippen LogP contribution >= 0.6 is 11.3 Å². The summed E-state index contributed by atoms with van der Waals surface area (Å²) in [7, 11) is 1.31. The first-order chi connectivity index (χ1) is 14.7. The third-order valence-corrected chi connectivity index (χ3v) is 6.27. The summed E-state index contributed by atoms with van der Waals surface area (Å²) in [6, 6.07) is 2.70. The van der Waals surface area contributed by atoms with Crippen LogP contribution in [0.4, 0.5) is 8.78 Å². The number of aliphatic hydroxyl groups excluding tert-OH is 1. The maximum atomic E-state index is 14.1. The fourth-order valence-electron chi connectivity index (χ4n) is 3.32. The molecule has 2 rings (SSSR count). The second kappa shape index (κ2) is 11.4. The monoisotopic (exact) mass is 453 g/mol. The number of thiophene rings is 1. The molecule has 0 aliphatic carbocycles. The standard InChI is InChI=1S/C23H29F2NO4S/c1-4-5-6-8-16(2)19(27)12-10-17-15-23(24,25)22(29)26(17)14-7-9-18-11-13-20(31-18)21(28)30-3/h10-13,16-17,19,27H,4,7-9,14-15H2,1-3H3/t16-,17+,19-/m1/s1. The lowest BCUT2D eigenvalue weighted by atomic mass is 9.99. The van der Waals surface area contributed by atoms with Crippen LogP contribution < -0.4 is 0 Å². The van der Waals surface area contributed by atoms with E-state index < -0.39 is 36.4 Å². The lowest BCUT2D eigenvalue weighted by molar-refractivity contribution is -0.148. The van der Waals surface area contributed by atoms with Gasteiger partial charge in [-0.15, -0.1) is 23.2 Å². The highest BCUT2D eigenvalue weighted by molar-refractivity contribution is 7.13. The molecule has 0 radical (unpaired) electrons. The first-order valence-electron chi connectivity index (χ1n) is 10.4. The molecule has 170 valence electrons. The molecule has 1 aliphatic rings. The van der Waals surface area contributed by atoms with Crippen molar-refractivity contribution in [3.05, 3.63) is 34.0 Å². The zero-order valence-electron chi connectivity index (χ0n) is 18.1. The van der Waals surface area contributed by atoms with Gasteiger partial charge in [-0.25, -0.2) is 4.79 Å². The minimum absolute atomic E-state index is 0.135. The number of ether oxygens (including phenoxy) is 1. The molecule has 1 N–H and O–H groups in total. The first-order valence-corrected chi connectivity index (χ1v) is 11.2. The second-order valence-corrected chi connectivity index (χ2v) is 8.77. The smallest absolute Gasteiger partial charge is 0.348 e. The van der Waals surface area contributed by atoms with Crippen molar-refractivity contribution in [1.29, 1.82) is 0 Å². The molecule has 0 unspecified atom stereocenters. The Balaban J connectivity index is 1.96. The minimum Gasteiger partial charge on any atom is -0.465 e. The molecular weight excluding hydrogens is 424 g/mol. The average molecular weight is 454 g/mol. The van der Waals surface area contributed by atoms with E-state index in [2.05, 4.69) is 16.6 Å². The van der Waals surface area contributed by atoms with Crippen molar-refractivity contribution in [2.45, 2.75) is 64.0 Å². The average Bonchev–Trinajstić information content (AvgIpc) is 3.29. The van der Waals surface area contributed by atoms with Gasteiger partial charge in [-0.2, -0.15) is 8.78 Å². The fraction of sp³-hybridized carbons (Fsp3) is 0.565.